The third-order valence-electron chi connectivity index (χ3n) is 18.1. The minimum atomic E-state index is -0.627. The molecule has 0 bridgehead atoms. The molecule has 9 aromatic heterocycles. The monoisotopic (exact) mass is 1470 g/mol. The van der Waals surface area contributed by atoms with Crippen LogP contribution in [0.2, 0.25) is 0 Å². The lowest BCUT2D eigenvalue weighted by Gasteiger charge is -2.26. The van der Waals surface area contributed by atoms with E-state index >= 15 is 0 Å². The highest BCUT2D eigenvalue weighted by Gasteiger charge is 2.23. The number of anilines is 3. The number of urea groups is 2. The molecule has 2 fully saturated rings. The molecule has 0 aliphatic carbocycles. The van der Waals surface area contributed by atoms with E-state index in [0.717, 1.165) is 127 Å². The number of carbonyl (C=O) groups is 3. The predicted octanol–water partition coefficient (Wildman–Crippen LogP) is 12.9. The van der Waals surface area contributed by atoms with Crippen molar-refractivity contribution >= 4 is 69.1 Å². The molecule has 0 unspecified atom stereocenters. The second-order valence-electron chi connectivity index (χ2n) is 25.5. The van der Waals surface area contributed by atoms with E-state index in [1.54, 1.807) is 55.4 Å². The molecular formula is C79H80F2N20O8. The van der Waals surface area contributed by atoms with Crippen LogP contribution in [-0.4, -0.2) is 172 Å². The maximum Gasteiger partial charge on any atom is 0.413 e. The van der Waals surface area contributed by atoms with Gasteiger partial charge in [-0.2, -0.15) is 0 Å². The van der Waals surface area contributed by atoms with Gasteiger partial charge in [0.1, 0.15) is 45.3 Å². The van der Waals surface area contributed by atoms with E-state index in [-0.39, 0.29) is 53.6 Å². The van der Waals surface area contributed by atoms with E-state index in [4.69, 9.17) is 18.9 Å². The molecule has 8 N–H and O–H groups in total. The summed E-state index contributed by atoms with van der Waals surface area (Å²) < 4.78 is 52.3. The maximum absolute atomic E-state index is 14.7. The highest BCUT2D eigenvalue weighted by molar-refractivity contribution is 6.00. The van der Waals surface area contributed by atoms with Crippen LogP contribution >= 0.6 is 0 Å². The van der Waals surface area contributed by atoms with Gasteiger partial charge >= 0.3 is 18.2 Å². The van der Waals surface area contributed by atoms with Crippen LogP contribution in [0.25, 0.3) is 100 Å². The van der Waals surface area contributed by atoms with Crippen LogP contribution in [-0.2, 0) is 27.3 Å². The predicted molar refractivity (Wildman–Crippen MR) is 412 cm³/mol. The van der Waals surface area contributed by atoms with Gasteiger partial charge in [-0.05, 0) is 159 Å². The Kier molecular flexibility index (Phi) is 23.7. The number of halogens is 2. The number of ether oxygens (including phenoxy) is 4. The van der Waals surface area contributed by atoms with Crippen LogP contribution in [0.15, 0.2) is 169 Å². The van der Waals surface area contributed by atoms with Crippen molar-refractivity contribution in [1.82, 2.24) is 84.8 Å². The van der Waals surface area contributed by atoms with Crippen molar-refractivity contribution in [3.05, 3.63) is 209 Å². The number of aromatic amines is 3. The summed E-state index contributed by atoms with van der Waals surface area (Å²) in [5.41, 5.74) is 14.1. The minimum Gasteiger partial charge on any atom is -0.497 e. The van der Waals surface area contributed by atoms with E-state index in [9.17, 15) is 28.0 Å². The number of amides is 5. The standard InChI is InChI=1S/C29H29N7O3.C25H26FN7O2.C25H25FN6O3/c1-5-30-29(38)35-28-33-24-15-21(14-23(26(24)34-28)27-31-10-7-11-32-27)20-12-17(2)36(25(37)16-20)18(3)19-8-6-9-22(13-19)39-4;1-2-27-25(34)32-24-30-21-13-17(12-19(23(21)31-24)22-20(26)4-3-7-28-22)16-5-6-18(29-14-16)15-33-8-10-35-11-9-33;1-2-35-25(33)31-24-29-21-13-17(12-19(23(21)30-24)22-20(26)4-3-7-27-22)16-5-6-18(28-14-16)15-32-8-10-34-11-9-32/h6-16,18H,5H2,1-4H3,(H3,30,33,34,35,38);3-7,12-14H,2,8-11,15H2,1H3,(H3,27,30,31,32,34);3-7,12-14H,2,8-11,15H2,1H3,(H2,29,30,31,33)/t18-;;/m0../s1. The molecule has 558 valence electrons. The van der Waals surface area contributed by atoms with Crippen LogP contribution in [0.1, 0.15) is 56.4 Å². The molecule has 109 heavy (non-hydrogen) atoms. The van der Waals surface area contributed by atoms with Gasteiger partial charge in [0.05, 0.1) is 74.1 Å². The highest BCUT2D eigenvalue weighted by Crippen LogP contribution is 2.38. The zero-order valence-electron chi connectivity index (χ0n) is 60.7. The fraction of sp³-hybridized carbons (Fsp3) is 0.253. The molecular weight excluding hydrogens is 1390 g/mol. The molecule has 5 amide bonds. The summed E-state index contributed by atoms with van der Waals surface area (Å²) in [6, 6.07) is 37.3. The Labute approximate surface area is 624 Å². The molecule has 30 heteroatoms. The van der Waals surface area contributed by atoms with E-state index in [1.165, 1.54) is 24.4 Å². The van der Waals surface area contributed by atoms with Crippen molar-refractivity contribution in [3.8, 4) is 73.0 Å². The van der Waals surface area contributed by atoms with Gasteiger partial charge in [-0.1, -0.05) is 24.3 Å². The fourth-order valence-electron chi connectivity index (χ4n) is 12.8. The molecule has 1 atom stereocenters. The number of H-pyrrole nitrogens is 3. The summed E-state index contributed by atoms with van der Waals surface area (Å²) >= 11 is 0. The van der Waals surface area contributed by atoms with Gasteiger partial charge in [0.25, 0.3) is 5.56 Å². The Balaban J connectivity index is 0.000000144. The van der Waals surface area contributed by atoms with Gasteiger partial charge in [0.2, 0.25) is 17.8 Å². The van der Waals surface area contributed by atoms with Gasteiger partial charge in [-0.25, -0.2) is 48.1 Å². The lowest BCUT2D eigenvalue weighted by Crippen LogP contribution is -2.35. The number of methoxy groups -OCH3 is 1. The third-order valence-corrected chi connectivity index (χ3v) is 18.1. The zero-order chi connectivity index (χ0) is 75.9. The van der Waals surface area contributed by atoms with Crippen molar-refractivity contribution in [1.29, 1.82) is 0 Å². The first-order chi connectivity index (χ1) is 53.1. The second kappa shape index (κ2) is 34.6. The van der Waals surface area contributed by atoms with Gasteiger partial charge < -0.3 is 49.1 Å². The molecule has 11 heterocycles. The first-order valence-electron chi connectivity index (χ1n) is 35.6. The molecule has 2 aliphatic rings. The minimum absolute atomic E-state index is 0.124. The van der Waals surface area contributed by atoms with Crippen molar-refractivity contribution in [3.63, 3.8) is 0 Å². The Morgan fingerprint density at radius 3 is 1.46 bits per heavy atom. The molecule has 0 spiro atoms. The van der Waals surface area contributed by atoms with Crippen LogP contribution in [0, 0.1) is 18.6 Å². The lowest BCUT2D eigenvalue weighted by atomic mass is 10.0. The van der Waals surface area contributed by atoms with E-state index < -0.39 is 17.7 Å². The van der Waals surface area contributed by atoms with Gasteiger partial charge in [-0.3, -0.25) is 50.5 Å². The second-order valence-corrected chi connectivity index (χ2v) is 25.5. The van der Waals surface area contributed by atoms with Crippen LogP contribution in [0.5, 0.6) is 5.75 Å². The summed E-state index contributed by atoms with van der Waals surface area (Å²) in [6.07, 6.45) is 9.39. The quantitative estimate of drug-likeness (QED) is 0.0373. The number of imidazole rings is 3. The Morgan fingerprint density at radius 1 is 0.532 bits per heavy atom. The Morgan fingerprint density at radius 2 is 1.00 bits per heavy atom. The molecule has 13 aromatic rings. The first-order valence-corrected chi connectivity index (χ1v) is 35.6. The maximum atomic E-state index is 14.7. The number of carbonyl (C=O) groups excluding carboxylic acids is 3. The van der Waals surface area contributed by atoms with Gasteiger partial charge in [-0.15, -0.1) is 0 Å². The van der Waals surface area contributed by atoms with Crippen molar-refractivity contribution in [2.75, 3.05) is 95.4 Å². The van der Waals surface area contributed by atoms with Crippen LogP contribution in [0.4, 0.5) is 41.0 Å². The van der Waals surface area contributed by atoms with Crippen LogP contribution in [0.3, 0.4) is 0 Å². The summed E-state index contributed by atoms with van der Waals surface area (Å²) in [7, 11) is 1.63. The average molecular weight is 1480 g/mol. The fourth-order valence-corrected chi connectivity index (χ4v) is 12.8. The molecule has 0 radical (unpaired) electrons. The van der Waals surface area contributed by atoms with Crippen molar-refractivity contribution < 1.29 is 42.1 Å². The number of aryl methyl sites for hydroxylation is 1. The highest BCUT2D eigenvalue weighted by atomic mass is 19.1. The molecule has 2 saturated heterocycles. The lowest BCUT2D eigenvalue weighted by molar-refractivity contribution is 0.0336. The van der Waals surface area contributed by atoms with Crippen LogP contribution < -0.4 is 36.9 Å². The number of hydrogen-bond acceptors (Lipinski definition) is 19. The molecule has 4 aromatic carbocycles. The topological polar surface area (TPSA) is 340 Å². The molecule has 28 nitrogen and oxygen atoms in total. The molecule has 15 rings (SSSR count). The summed E-state index contributed by atoms with van der Waals surface area (Å²) in [4.78, 5) is 104. The number of pyridine rings is 5. The largest absolute Gasteiger partial charge is 0.497 e. The number of benzene rings is 4. The SMILES string of the molecule is CCNC(=O)Nc1nc2c(-c3ncccc3F)cc(-c3ccc(CN4CCOCC4)nc3)cc2[nH]1.CCNC(=O)Nc1nc2c(-c3ncccn3)cc(-c3cc(C)n([C@@H](C)c4cccc(OC)c4)c(=O)c3)cc2[nH]1.CCOC(=O)Nc1nc2c(-c3ncccc3F)cc(-c3ccc(CN4CCOCC4)nc3)cc2[nH]1. The summed E-state index contributed by atoms with van der Waals surface area (Å²) in [6.45, 7) is 18.5. The number of nitrogens with zero attached hydrogens (tertiary/aromatic N) is 12. The average Bonchev–Trinajstić information content (AvgIpc) is 1.71. The summed E-state index contributed by atoms with van der Waals surface area (Å²) in [5, 5.41) is 13.3. The number of fused-ring (bicyclic) bond motifs is 3. The zero-order valence-corrected chi connectivity index (χ0v) is 60.7. The summed E-state index contributed by atoms with van der Waals surface area (Å²) in [5.74, 6) is 1.07. The smallest absolute Gasteiger partial charge is 0.413 e. The van der Waals surface area contributed by atoms with E-state index in [2.05, 4.69) is 96.2 Å². The Bertz CT molecular complexity index is 5230. The third kappa shape index (κ3) is 18.0. The van der Waals surface area contributed by atoms with E-state index in [1.807, 2.05) is 131 Å². The number of nitrogens with one attached hydrogen (secondary N) is 8. The van der Waals surface area contributed by atoms with E-state index in [0.29, 0.717) is 74.7 Å². The number of rotatable bonds is 19. The van der Waals surface area contributed by atoms with Crippen molar-refractivity contribution in [2.45, 2.75) is 53.8 Å². The number of morpholine rings is 2. The van der Waals surface area contributed by atoms with Gasteiger partial charge in [0, 0.05) is 129 Å². The number of aromatic nitrogens is 13. The molecule has 0 saturated carbocycles. The molecule has 2 aliphatic heterocycles. The van der Waals surface area contributed by atoms with Gasteiger partial charge in [0.15, 0.2) is 5.82 Å². The first kappa shape index (κ1) is 74.5. The Hall–Kier alpha value is -12.8. The van der Waals surface area contributed by atoms with Crippen molar-refractivity contribution in [2.24, 2.45) is 0 Å². The number of hydrogen-bond donors (Lipinski definition) is 8. The normalized spacial score (nSPS) is 13.4.